The summed E-state index contributed by atoms with van der Waals surface area (Å²) in [6.07, 6.45) is 0. The van der Waals surface area contributed by atoms with Crippen LogP contribution in [0.4, 0.5) is 13.2 Å². The molecule has 0 saturated heterocycles. The van der Waals surface area contributed by atoms with Crippen molar-refractivity contribution >= 4 is 0 Å². The number of rotatable bonds is 4. The molecule has 0 amide bonds. The van der Waals surface area contributed by atoms with Crippen LogP contribution in [0.5, 0.6) is 0 Å². The lowest BCUT2D eigenvalue weighted by atomic mass is 10.00. The monoisotopic (exact) mass is 293 g/mol. The Hall–Kier alpha value is -1.81. The standard InChI is InChI=1S/C17H18F3N/c1-10(2)21-9-12-5-7-15(18)14(8-12)13-6-4-11(3)16(19)17(13)20/h4-8,10,21H,9H2,1-3H3. The van der Waals surface area contributed by atoms with Crippen molar-refractivity contribution in [2.45, 2.75) is 33.4 Å². The molecule has 2 rings (SSSR count). The van der Waals surface area contributed by atoms with Gasteiger partial charge in [0.15, 0.2) is 11.6 Å². The SMILES string of the molecule is Cc1ccc(-c2cc(CNC(C)C)ccc2F)c(F)c1F. The lowest BCUT2D eigenvalue weighted by Crippen LogP contribution is -2.21. The van der Waals surface area contributed by atoms with Crippen LogP contribution in [0.15, 0.2) is 30.3 Å². The second-order valence-corrected chi connectivity index (χ2v) is 5.41. The van der Waals surface area contributed by atoms with Gasteiger partial charge in [0.2, 0.25) is 0 Å². The predicted octanol–water partition coefficient (Wildman–Crippen LogP) is 4.58. The van der Waals surface area contributed by atoms with Crippen LogP contribution in [0.3, 0.4) is 0 Å². The quantitative estimate of drug-likeness (QED) is 0.870. The molecular weight excluding hydrogens is 275 g/mol. The summed E-state index contributed by atoms with van der Waals surface area (Å²) in [4.78, 5) is 0. The van der Waals surface area contributed by atoms with Crippen LogP contribution >= 0.6 is 0 Å². The highest BCUT2D eigenvalue weighted by Crippen LogP contribution is 2.29. The van der Waals surface area contributed by atoms with Crippen molar-refractivity contribution in [2.24, 2.45) is 0 Å². The fourth-order valence-electron chi connectivity index (χ4n) is 2.06. The first kappa shape index (κ1) is 15.6. The summed E-state index contributed by atoms with van der Waals surface area (Å²) in [5.74, 6) is -2.51. The molecule has 1 N–H and O–H groups in total. The predicted molar refractivity (Wildman–Crippen MR) is 78.5 cm³/mol. The van der Waals surface area contributed by atoms with E-state index in [0.29, 0.717) is 6.54 Å². The number of halogens is 3. The number of hydrogen-bond donors (Lipinski definition) is 1. The van der Waals surface area contributed by atoms with Crippen molar-refractivity contribution in [3.8, 4) is 11.1 Å². The van der Waals surface area contributed by atoms with Crippen LogP contribution in [-0.2, 0) is 6.54 Å². The zero-order chi connectivity index (χ0) is 15.6. The molecule has 112 valence electrons. The highest BCUT2D eigenvalue weighted by atomic mass is 19.2. The largest absolute Gasteiger partial charge is 0.310 e. The Morgan fingerprint density at radius 1 is 0.952 bits per heavy atom. The second-order valence-electron chi connectivity index (χ2n) is 5.41. The summed E-state index contributed by atoms with van der Waals surface area (Å²) in [6, 6.07) is 7.61. The Balaban J connectivity index is 2.44. The van der Waals surface area contributed by atoms with E-state index in [1.54, 1.807) is 12.1 Å². The Bertz CT molecular complexity index is 651. The molecule has 0 aliphatic carbocycles. The molecule has 0 fully saturated rings. The van der Waals surface area contributed by atoms with Gasteiger partial charge in [0.25, 0.3) is 0 Å². The van der Waals surface area contributed by atoms with E-state index in [2.05, 4.69) is 5.32 Å². The van der Waals surface area contributed by atoms with Gasteiger partial charge in [-0.25, -0.2) is 13.2 Å². The molecule has 0 unspecified atom stereocenters. The molecule has 2 aromatic carbocycles. The molecule has 0 bridgehead atoms. The van der Waals surface area contributed by atoms with Crippen molar-refractivity contribution in [3.05, 3.63) is 58.9 Å². The Kier molecular flexibility index (Phi) is 4.68. The minimum Gasteiger partial charge on any atom is -0.310 e. The Labute approximate surface area is 122 Å². The summed E-state index contributed by atoms with van der Waals surface area (Å²) < 4.78 is 41.6. The molecule has 0 heterocycles. The fourth-order valence-corrected chi connectivity index (χ4v) is 2.06. The highest BCUT2D eigenvalue weighted by Gasteiger charge is 2.16. The van der Waals surface area contributed by atoms with Gasteiger partial charge in [0.05, 0.1) is 0 Å². The maximum absolute atomic E-state index is 14.0. The molecule has 0 aliphatic heterocycles. The maximum Gasteiger partial charge on any atom is 0.167 e. The average Bonchev–Trinajstić information content (AvgIpc) is 2.44. The smallest absolute Gasteiger partial charge is 0.167 e. The van der Waals surface area contributed by atoms with Gasteiger partial charge < -0.3 is 5.32 Å². The van der Waals surface area contributed by atoms with Crippen molar-refractivity contribution in [2.75, 3.05) is 0 Å². The van der Waals surface area contributed by atoms with Crippen LogP contribution in [0.1, 0.15) is 25.0 Å². The number of benzene rings is 2. The van der Waals surface area contributed by atoms with Crippen LogP contribution < -0.4 is 5.32 Å². The summed E-state index contributed by atoms with van der Waals surface area (Å²) in [5, 5.41) is 3.20. The number of aryl methyl sites for hydroxylation is 1. The summed E-state index contributed by atoms with van der Waals surface area (Å²) >= 11 is 0. The van der Waals surface area contributed by atoms with Crippen molar-refractivity contribution in [3.63, 3.8) is 0 Å². The third-order valence-electron chi connectivity index (χ3n) is 3.31. The molecule has 1 nitrogen and oxygen atoms in total. The van der Waals surface area contributed by atoms with E-state index in [0.717, 1.165) is 5.56 Å². The van der Waals surface area contributed by atoms with E-state index < -0.39 is 17.5 Å². The molecule has 2 aromatic rings. The zero-order valence-electron chi connectivity index (χ0n) is 12.3. The van der Waals surface area contributed by atoms with E-state index in [1.165, 1.54) is 25.1 Å². The molecule has 0 atom stereocenters. The molecule has 4 heteroatoms. The molecule has 0 aliphatic rings. The topological polar surface area (TPSA) is 12.0 Å². The van der Waals surface area contributed by atoms with Gasteiger partial charge in [-0.3, -0.25) is 0 Å². The first-order chi connectivity index (χ1) is 9.90. The second kappa shape index (κ2) is 6.31. The molecule has 0 spiro atoms. The van der Waals surface area contributed by atoms with Crippen molar-refractivity contribution < 1.29 is 13.2 Å². The van der Waals surface area contributed by atoms with E-state index in [-0.39, 0.29) is 22.7 Å². The van der Waals surface area contributed by atoms with Gasteiger partial charge in [0, 0.05) is 23.7 Å². The summed E-state index contributed by atoms with van der Waals surface area (Å²) in [6.45, 7) is 6.02. The Morgan fingerprint density at radius 2 is 1.67 bits per heavy atom. The molecular formula is C17H18F3N. The average molecular weight is 293 g/mol. The minimum absolute atomic E-state index is 0.0537. The van der Waals surface area contributed by atoms with Gasteiger partial charge >= 0.3 is 0 Å². The van der Waals surface area contributed by atoms with Crippen molar-refractivity contribution in [1.82, 2.24) is 5.32 Å². The van der Waals surface area contributed by atoms with Gasteiger partial charge in [-0.15, -0.1) is 0 Å². The number of nitrogens with one attached hydrogen (secondary N) is 1. The van der Waals surface area contributed by atoms with E-state index in [4.69, 9.17) is 0 Å². The van der Waals surface area contributed by atoms with Crippen LogP contribution in [0.25, 0.3) is 11.1 Å². The summed E-state index contributed by atoms with van der Waals surface area (Å²) in [7, 11) is 0. The first-order valence-electron chi connectivity index (χ1n) is 6.87. The zero-order valence-corrected chi connectivity index (χ0v) is 12.3. The molecule has 0 aromatic heterocycles. The van der Waals surface area contributed by atoms with E-state index in [1.807, 2.05) is 13.8 Å². The number of hydrogen-bond acceptors (Lipinski definition) is 1. The molecule has 0 saturated carbocycles. The molecule has 0 radical (unpaired) electrons. The van der Waals surface area contributed by atoms with Crippen LogP contribution in [0, 0.1) is 24.4 Å². The minimum atomic E-state index is -1.01. The third-order valence-corrected chi connectivity index (χ3v) is 3.31. The molecule has 21 heavy (non-hydrogen) atoms. The summed E-state index contributed by atoms with van der Waals surface area (Å²) in [5.41, 5.74) is 1.05. The van der Waals surface area contributed by atoms with E-state index >= 15 is 0 Å². The van der Waals surface area contributed by atoms with Gasteiger partial charge in [-0.05, 0) is 30.2 Å². The lowest BCUT2D eigenvalue weighted by Gasteiger charge is -2.12. The lowest BCUT2D eigenvalue weighted by molar-refractivity contribution is 0.504. The highest BCUT2D eigenvalue weighted by molar-refractivity contribution is 5.66. The van der Waals surface area contributed by atoms with Crippen molar-refractivity contribution in [1.29, 1.82) is 0 Å². The first-order valence-corrected chi connectivity index (χ1v) is 6.87. The van der Waals surface area contributed by atoms with Gasteiger partial charge in [0.1, 0.15) is 5.82 Å². The van der Waals surface area contributed by atoms with Gasteiger partial charge in [-0.1, -0.05) is 32.0 Å². The van der Waals surface area contributed by atoms with Crippen LogP contribution in [0.2, 0.25) is 0 Å². The normalized spacial score (nSPS) is 11.2. The maximum atomic E-state index is 14.0. The Morgan fingerprint density at radius 3 is 2.33 bits per heavy atom. The fraction of sp³-hybridized carbons (Fsp3) is 0.294. The third kappa shape index (κ3) is 3.45. The van der Waals surface area contributed by atoms with Crippen LogP contribution in [-0.4, -0.2) is 6.04 Å². The van der Waals surface area contributed by atoms with Gasteiger partial charge in [-0.2, -0.15) is 0 Å². The van der Waals surface area contributed by atoms with E-state index in [9.17, 15) is 13.2 Å².